The van der Waals surface area contributed by atoms with Crippen molar-refractivity contribution in [1.29, 1.82) is 0 Å². The summed E-state index contributed by atoms with van der Waals surface area (Å²) < 4.78 is 2.02. The van der Waals surface area contributed by atoms with Crippen LogP contribution in [0.4, 0.5) is 0 Å². The van der Waals surface area contributed by atoms with Gasteiger partial charge in [-0.1, -0.05) is 55.8 Å². The van der Waals surface area contributed by atoms with E-state index in [0.29, 0.717) is 24.4 Å². The van der Waals surface area contributed by atoms with Gasteiger partial charge in [0.25, 0.3) is 0 Å². The Morgan fingerprint density at radius 3 is 2.59 bits per heavy atom. The zero-order valence-electron chi connectivity index (χ0n) is 16.6. The van der Waals surface area contributed by atoms with Crippen LogP contribution in [0.15, 0.2) is 53.0 Å². The van der Waals surface area contributed by atoms with Gasteiger partial charge >= 0.3 is 0 Å². The van der Waals surface area contributed by atoms with Crippen LogP contribution in [0, 0.1) is 12.3 Å². The Kier molecular flexibility index (Phi) is 7.13. The van der Waals surface area contributed by atoms with Crippen LogP contribution >= 0.6 is 23.1 Å². The SMILES string of the molecule is C#CC(CC)(CC)NC(=O)CSc1nnc(Cc2cccs2)n1-c1ccccc1. The third kappa shape index (κ3) is 5.08. The second-order valence-electron chi connectivity index (χ2n) is 6.60. The lowest BCUT2D eigenvalue weighted by molar-refractivity contribution is -0.119. The first-order valence-corrected chi connectivity index (χ1v) is 11.4. The topological polar surface area (TPSA) is 59.8 Å². The second-order valence-corrected chi connectivity index (χ2v) is 8.57. The maximum absolute atomic E-state index is 12.5. The molecule has 5 nitrogen and oxygen atoms in total. The molecule has 0 unspecified atom stereocenters. The van der Waals surface area contributed by atoms with Crippen molar-refractivity contribution in [3.63, 3.8) is 0 Å². The van der Waals surface area contributed by atoms with E-state index in [1.54, 1.807) is 11.3 Å². The Bertz CT molecular complexity index is 970. The fourth-order valence-corrected chi connectivity index (χ4v) is 4.49. The lowest BCUT2D eigenvalue weighted by atomic mass is 9.94. The Morgan fingerprint density at radius 1 is 1.21 bits per heavy atom. The van der Waals surface area contributed by atoms with E-state index in [-0.39, 0.29) is 11.7 Å². The fraction of sp³-hybridized carbons (Fsp3) is 0.318. The summed E-state index contributed by atoms with van der Waals surface area (Å²) >= 11 is 3.06. The minimum Gasteiger partial charge on any atom is -0.339 e. The number of hydrogen-bond acceptors (Lipinski definition) is 5. The van der Waals surface area contributed by atoms with E-state index in [1.807, 2.05) is 54.8 Å². The summed E-state index contributed by atoms with van der Waals surface area (Å²) in [6.45, 7) is 3.97. The number of amides is 1. The van der Waals surface area contributed by atoms with Gasteiger partial charge in [-0.05, 0) is 36.4 Å². The zero-order valence-corrected chi connectivity index (χ0v) is 18.2. The number of nitrogens with one attached hydrogen (secondary N) is 1. The number of thiophene rings is 1. The molecule has 0 atom stereocenters. The molecule has 2 aromatic heterocycles. The number of para-hydroxylation sites is 1. The van der Waals surface area contributed by atoms with E-state index >= 15 is 0 Å². The van der Waals surface area contributed by atoms with Crippen molar-refractivity contribution in [2.45, 2.75) is 43.8 Å². The lowest BCUT2D eigenvalue weighted by Gasteiger charge is -2.26. The predicted molar refractivity (Wildman–Crippen MR) is 119 cm³/mol. The molecule has 0 radical (unpaired) electrons. The van der Waals surface area contributed by atoms with Gasteiger partial charge in [0.1, 0.15) is 11.4 Å². The first-order valence-electron chi connectivity index (χ1n) is 9.54. The van der Waals surface area contributed by atoms with Gasteiger partial charge in [-0.2, -0.15) is 0 Å². The molecule has 0 spiro atoms. The molecule has 29 heavy (non-hydrogen) atoms. The van der Waals surface area contributed by atoms with Crippen LogP contribution in [-0.2, 0) is 11.2 Å². The van der Waals surface area contributed by atoms with Gasteiger partial charge < -0.3 is 5.32 Å². The van der Waals surface area contributed by atoms with Crippen molar-refractivity contribution in [2.24, 2.45) is 0 Å². The number of nitrogens with zero attached hydrogens (tertiary/aromatic N) is 3. The van der Waals surface area contributed by atoms with Crippen LogP contribution in [0.5, 0.6) is 0 Å². The molecule has 2 heterocycles. The predicted octanol–water partition coefficient (Wildman–Crippen LogP) is 4.32. The Morgan fingerprint density at radius 2 is 1.97 bits per heavy atom. The summed E-state index contributed by atoms with van der Waals surface area (Å²) in [7, 11) is 0. The van der Waals surface area contributed by atoms with Crippen molar-refractivity contribution < 1.29 is 4.79 Å². The minimum absolute atomic E-state index is 0.0981. The summed E-state index contributed by atoms with van der Waals surface area (Å²) in [5, 5.41) is 14.5. The monoisotopic (exact) mass is 424 g/mol. The number of aromatic nitrogens is 3. The van der Waals surface area contributed by atoms with Crippen molar-refractivity contribution in [3.05, 3.63) is 58.5 Å². The number of terminal acetylenes is 1. The van der Waals surface area contributed by atoms with Crippen LogP contribution in [0.1, 0.15) is 37.4 Å². The number of rotatable bonds is 9. The largest absolute Gasteiger partial charge is 0.339 e. The Balaban J connectivity index is 1.80. The van der Waals surface area contributed by atoms with Gasteiger partial charge in [0.05, 0.1) is 5.75 Å². The standard InChI is InChI=1S/C22H24N4OS2/c1-4-22(5-2,6-3)23-20(27)16-29-21-25-24-19(15-18-13-10-14-28-18)26(21)17-11-8-7-9-12-17/h1,7-14H,5-6,15-16H2,2-3H3,(H,23,27). The summed E-state index contributed by atoms with van der Waals surface area (Å²) in [6.07, 6.45) is 7.74. The summed E-state index contributed by atoms with van der Waals surface area (Å²) in [6, 6.07) is 14.1. The zero-order chi connectivity index (χ0) is 20.7. The van der Waals surface area contributed by atoms with Gasteiger partial charge in [0.2, 0.25) is 5.91 Å². The normalized spacial score (nSPS) is 11.2. The highest BCUT2D eigenvalue weighted by atomic mass is 32.2. The quantitative estimate of drug-likeness (QED) is 0.410. The minimum atomic E-state index is -0.588. The van der Waals surface area contributed by atoms with Gasteiger partial charge in [-0.15, -0.1) is 28.0 Å². The highest BCUT2D eigenvalue weighted by Crippen LogP contribution is 2.25. The molecule has 0 aliphatic carbocycles. The number of benzene rings is 1. The van der Waals surface area contributed by atoms with Crippen molar-refractivity contribution in [3.8, 4) is 18.0 Å². The molecule has 1 amide bonds. The highest BCUT2D eigenvalue weighted by Gasteiger charge is 2.25. The van der Waals surface area contributed by atoms with Crippen LogP contribution < -0.4 is 5.32 Å². The van der Waals surface area contributed by atoms with Crippen LogP contribution in [0.3, 0.4) is 0 Å². The molecular formula is C22H24N4OS2. The maximum Gasteiger partial charge on any atom is 0.231 e. The molecule has 1 N–H and O–H groups in total. The van der Waals surface area contributed by atoms with E-state index < -0.39 is 5.54 Å². The molecule has 150 valence electrons. The maximum atomic E-state index is 12.5. The second kappa shape index (κ2) is 9.77. The molecule has 7 heteroatoms. The van der Waals surface area contributed by atoms with Gasteiger partial charge in [0.15, 0.2) is 5.16 Å². The van der Waals surface area contributed by atoms with Gasteiger partial charge in [0, 0.05) is 17.0 Å². The smallest absolute Gasteiger partial charge is 0.231 e. The van der Waals surface area contributed by atoms with E-state index in [9.17, 15) is 4.79 Å². The van der Waals surface area contributed by atoms with Crippen molar-refractivity contribution in [2.75, 3.05) is 5.75 Å². The third-order valence-corrected chi connectivity index (χ3v) is 6.63. The molecule has 1 aromatic carbocycles. The van der Waals surface area contributed by atoms with Crippen molar-refractivity contribution >= 4 is 29.0 Å². The van der Waals surface area contributed by atoms with Crippen LogP contribution in [-0.4, -0.2) is 32.0 Å². The number of carbonyl (C=O) groups excluding carboxylic acids is 1. The molecule has 0 saturated heterocycles. The first-order chi connectivity index (χ1) is 14.1. The summed E-state index contributed by atoms with van der Waals surface area (Å²) in [4.78, 5) is 13.8. The molecule has 3 rings (SSSR count). The van der Waals surface area contributed by atoms with Crippen molar-refractivity contribution in [1.82, 2.24) is 20.1 Å². The number of thioether (sulfide) groups is 1. The first kappa shape index (κ1) is 21.2. The molecule has 0 aliphatic rings. The molecular weight excluding hydrogens is 400 g/mol. The van der Waals surface area contributed by atoms with Crippen LogP contribution in [0.25, 0.3) is 5.69 Å². The molecule has 0 fully saturated rings. The average molecular weight is 425 g/mol. The van der Waals surface area contributed by atoms with E-state index in [0.717, 1.165) is 11.5 Å². The Hall–Kier alpha value is -2.56. The Labute approximate surface area is 179 Å². The summed E-state index contributed by atoms with van der Waals surface area (Å²) in [5.74, 6) is 3.72. The van der Waals surface area contributed by atoms with E-state index in [4.69, 9.17) is 6.42 Å². The molecule has 3 aromatic rings. The lowest BCUT2D eigenvalue weighted by Crippen LogP contribution is -2.47. The number of carbonyl (C=O) groups is 1. The van der Waals surface area contributed by atoms with E-state index in [2.05, 4.69) is 32.9 Å². The molecule has 0 aliphatic heterocycles. The van der Waals surface area contributed by atoms with Crippen LogP contribution in [0.2, 0.25) is 0 Å². The summed E-state index contributed by atoms with van der Waals surface area (Å²) in [5.41, 5.74) is 0.391. The molecule has 0 saturated carbocycles. The van der Waals surface area contributed by atoms with E-state index in [1.165, 1.54) is 16.6 Å². The van der Waals surface area contributed by atoms with Gasteiger partial charge in [-0.25, -0.2) is 0 Å². The average Bonchev–Trinajstić information content (AvgIpc) is 3.41. The third-order valence-electron chi connectivity index (χ3n) is 4.82. The fourth-order valence-electron chi connectivity index (χ4n) is 3.01. The number of hydrogen-bond donors (Lipinski definition) is 1. The molecule has 0 bridgehead atoms. The van der Waals surface area contributed by atoms with Gasteiger partial charge in [-0.3, -0.25) is 9.36 Å². The highest BCUT2D eigenvalue weighted by molar-refractivity contribution is 7.99.